The first-order valence-corrected chi connectivity index (χ1v) is 9.66. The van der Waals surface area contributed by atoms with E-state index < -0.39 is 18.5 Å². The van der Waals surface area contributed by atoms with Crippen LogP contribution in [0.5, 0.6) is 5.75 Å². The molecule has 6 nitrogen and oxygen atoms in total. The molecular weight excluding hydrogens is 445 g/mol. The fourth-order valence-electron chi connectivity index (χ4n) is 2.58. The van der Waals surface area contributed by atoms with Crippen LogP contribution in [0, 0.1) is 5.82 Å². The first kappa shape index (κ1) is 22.5. The van der Waals surface area contributed by atoms with Crippen molar-refractivity contribution < 1.29 is 28.2 Å². The Kier molecular flexibility index (Phi) is 8.33. The largest absolute Gasteiger partial charge is 0.496 e. The Labute approximate surface area is 176 Å². The number of rotatable bonds is 9. The Balaban J connectivity index is 1.78. The zero-order valence-corrected chi connectivity index (χ0v) is 17.6. The number of hydrogen-bond donors (Lipinski definition) is 1. The molecule has 29 heavy (non-hydrogen) atoms. The summed E-state index contributed by atoms with van der Waals surface area (Å²) >= 11 is 3.29. The van der Waals surface area contributed by atoms with Gasteiger partial charge in [0, 0.05) is 10.9 Å². The number of carbonyl (C=O) groups is 3. The molecule has 0 aromatic heterocycles. The van der Waals surface area contributed by atoms with Gasteiger partial charge in [0.15, 0.2) is 12.4 Å². The third-order valence-electron chi connectivity index (χ3n) is 4.13. The predicted molar refractivity (Wildman–Crippen MR) is 108 cm³/mol. The molecule has 1 atom stereocenters. The zero-order valence-electron chi connectivity index (χ0n) is 16.0. The minimum absolute atomic E-state index is 0.0702. The summed E-state index contributed by atoms with van der Waals surface area (Å²) < 4.78 is 23.7. The highest BCUT2D eigenvalue weighted by molar-refractivity contribution is 9.10. The van der Waals surface area contributed by atoms with E-state index in [2.05, 4.69) is 21.2 Å². The lowest BCUT2D eigenvalue weighted by atomic mass is 10.1. The van der Waals surface area contributed by atoms with E-state index in [1.54, 1.807) is 37.3 Å². The summed E-state index contributed by atoms with van der Waals surface area (Å²) in [6.45, 7) is 1.27. The second-order valence-corrected chi connectivity index (χ2v) is 7.18. The summed E-state index contributed by atoms with van der Waals surface area (Å²) in [7, 11) is 1.46. The van der Waals surface area contributed by atoms with Crippen molar-refractivity contribution in [2.24, 2.45) is 0 Å². The summed E-state index contributed by atoms with van der Waals surface area (Å²) in [5, 5.41) is 2.66. The normalized spacial score (nSPS) is 11.4. The number of benzene rings is 2. The monoisotopic (exact) mass is 465 g/mol. The molecule has 1 N–H and O–H groups in total. The lowest BCUT2D eigenvalue weighted by Crippen LogP contribution is -2.31. The number of carbonyl (C=O) groups excluding carboxylic acids is 3. The standard InChI is InChI=1S/C21H21BrFNO5/c1-13(14-3-6-16(23)7-4-14)24-20(26)12-29-21(27)10-8-18(25)17-11-15(22)5-9-19(17)28-2/h3-7,9,11,13H,8,10,12H2,1-2H3,(H,24,26). The highest BCUT2D eigenvalue weighted by Crippen LogP contribution is 2.24. The van der Waals surface area contributed by atoms with Crippen molar-refractivity contribution in [3.63, 3.8) is 0 Å². The second kappa shape index (κ2) is 10.7. The first-order chi connectivity index (χ1) is 13.8. The third-order valence-corrected chi connectivity index (χ3v) is 4.62. The van der Waals surface area contributed by atoms with Gasteiger partial charge >= 0.3 is 5.97 Å². The molecule has 2 aromatic carbocycles. The molecule has 0 aliphatic heterocycles. The van der Waals surface area contributed by atoms with E-state index in [9.17, 15) is 18.8 Å². The number of ketones is 1. The van der Waals surface area contributed by atoms with Crippen molar-refractivity contribution in [1.29, 1.82) is 0 Å². The van der Waals surface area contributed by atoms with E-state index in [0.29, 0.717) is 11.3 Å². The summed E-state index contributed by atoms with van der Waals surface area (Å²) in [6, 6.07) is 10.4. The van der Waals surface area contributed by atoms with Crippen LogP contribution in [0.1, 0.15) is 41.7 Å². The molecule has 0 bridgehead atoms. The lowest BCUT2D eigenvalue weighted by Gasteiger charge is -2.14. The number of Topliss-reactive ketones (excluding diaryl/α,β-unsaturated/α-hetero) is 1. The van der Waals surface area contributed by atoms with Crippen LogP contribution < -0.4 is 10.1 Å². The molecule has 0 saturated carbocycles. The van der Waals surface area contributed by atoms with E-state index in [4.69, 9.17) is 9.47 Å². The van der Waals surface area contributed by atoms with Gasteiger partial charge in [0.25, 0.3) is 5.91 Å². The molecule has 8 heteroatoms. The maximum Gasteiger partial charge on any atom is 0.306 e. The van der Waals surface area contributed by atoms with Gasteiger partial charge in [0.1, 0.15) is 11.6 Å². The molecule has 0 radical (unpaired) electrons. The van der Waals surface area contributed by atoms with Crippen LogP contribution in [0.2, 0.25) is 0 Å². The third kappa shape index (κ3) is 6.98. The highest BCUT2D eigenvalue weighted by atomic mass is 79.9. The Morgan fingerprint density at radius 2 is 1.79 bits per heavy atom. The fraction of sp³-hybridized carbons (Fsp3) is 0.286. The molecule has 0 aliphatic rings. The number of methoxy groups -OCH3 is 1. The summed E-state index contributed by atoms with van der Waals surface area (Å²) in [5.74, 6) is -1.36. The van der Waals surface area contributed by atoms with Crippen LogP contribution in [0.3, 0.4) is 0 Å². The number of hydrogen-bond acceptors (Lipinski definition) is 5. The second-order valence-electron chi connectivity index (χ2n) is 6.27. The number of nitrogens with one attached hydrogen (secondary N) is 1. The number of halogens is 2. The van der Waals surface area contributed by atoms with Crippen LogP contribution in [-0.2, 0) is 14.3 Å². The predicted octanol–water partition coefficient (Wildman–Crippen LogP) is 3.98. The van der Waals surface area contributed by atoms with E-state index in [1.165, 1.54) is 19.2 Å². The molecule has 0 fully saturated rings. The van der Waals surface area contributed by atoms with E-state index >= 15 is 0 Å². The molecule has 1 unspecified atom stereocenters. The van der Waals surface area contributed by atoms with Gasteiger partial charge in [-0.3, -0.25) is 14.4 Å². The van der Waals surface area contributed by atoms with Crippen molar-refractivity contribution >= 4 is 33.6 Å². The Bertz CT molecular complexity index is 885. The van der Waals surface area contributed by atoms with Gasteiger partial charge < -0.3 is 14.8 Å². The maximum absolute atomic E-state index is 12.9. The highest BCUT2D eigenvalue weighted by Gasteiger charge is 2.16. The lowest BCUT2D eigenvalue weighted by molar-refractivity contribution is -0.148. The van der Waals surface area contributed by atoms with Gasteiger partial charge in [-0.05, 0) is 42.8 Å². The molecule has 0 heterocycles. The van der Waals surface area contributed by atoms with Crippen LogP contribution in [0.15, 0.2) is 46.9 Å². The van der Waals surface area contributed by atoms with Crippen molar-refractivity contribution in [2.75, 3.05) is 13.7 Å². The van der Waals surface area contributed by atoms with Gasteiger partial charge in [-0.15, -0.1) is 0 Å². The molecule has 2 aromatic rings. The van der Waals surface area contributed by atoms with E-state index in [-0.39, 0.29) is 30.5 Å². The van der Waals surface area contributed by atoms with E-state index in [0.717, 1.165) is 10.0 Å². The van der Waals surface area contributed by atoms with Gasteiger partial charge in [-0.25, -0.2) is 4.39 Å². The molecule has 1 amide bonds. The Hall–Kier alpha value is -2.74. The Morgan fingerprint density at radius 1 is 1.10 bits per heavy atom. The quantitative estimate of drug-likeness (QED) is 0.447. The van der Waals surface area contributed by atoms with Crippen molar-refractivity contribution in [2.45, 2.75) is 25.8 Å². The van der Waals surface area contributed by atoms with Crippen LogP contribution in [-0.4, -0.2) is 31.4 Å². The van der Waals surface area contributed by atoms with Crippen LogP contribution in [0.25, 0.3) is 0 Å². The fourth-order valence-corrected chi connectivity index (χ4v) is 2.95. The minimum Gasteiger partial charge on any atom is -0.496 e. The maximum atomic E-state index is 12.9. The molecular formula is C21H21BrFNO5. The summed E-state index contributed by atoms with van der Waals surface area (Å²) in [6.07, 6.45) is -0.228. The first-order valence-electron chi connectivity index (χ1n) is 8.87. The number of esters is 1. The van der Waals surface area contributed by atoms with Crippen LogP contribution in [0.4, 0.5) is 4.39 Å². The van der Waals surface area contributed by atoms with Gasteiger partial charge in [0.2, 0.25) is 0 Å². The number of amides is 1. The average molecular weight is 466 g/mol. The topological polar surface area (TPSA) is 81.7 Å². The van der Waals surface area contributed by atoms with Gasteiger partial charge in [-0.1, -0.05) is 28.1 Å². The molecule has 0 saturated heterocycles. The molecule has 2 rings (SSSR count). The summed E-state index contributed by atoms with van der Waals surface area (Å²) in [4.78, 5) is 36.1. The van der Waals surface area contributed by atoms with E-state index in [1.807, 2.05) is 0 Å². The molecule has 0 spiro atoms. The molecule has 0 aliphatic carbocycles. The Morgan fingerprint density at radius 3 is 2.45 bits per heavy atom. The summed E-state index contributed by atoms with van der Waals surface area (Å²) in [5.41, 5.74) is 1.08. The minimum atomic E-state index is -0.656. The van der Waals surface area contributed by atoms with Crippen LogP contribution >= 0.6 is 15.9 Å². The number of ether oxygens (including phenoxy) is 2. The van der Waals surface area contributed by atoms with Crippen molar-refractivity contribution in [1.82, 2.24) is 5.32 Å². The van der Waals surface area contributed by atoms with Crippen molar-refractivity contribution in [3.05, 3.63) is 63.9 Å². The molecule has 154 valence electrons. The zero-order chi connectivity index (χ0) is 21.4. The van der Waals surface area contributed by atoms with Gasteiger partial charge in [-0.2, -0.15) is 0 Å². The average Bonchev–Trinajstić information content (AvgIpc) is 2.70. The van der Waals surface area contributed by atoms with Gasteiger partial charge in [0.05, 0.1) is 25.1 Å². The SMILES string of the molecule is COc1ccc(Br)cc1C(=O)CCC(=O)OCC(=O)NC(C)c1ccc(F)cc1. The smallest absolute Gasteiger partial charge is 0.306 e. The van der Waals surface area contributed by atoms with Crippen molar-refractivity contribution in [3.8, 4) is 5.75 Å².